The predicted molar refractivity (Wildman–Crippen MR) is 77.0 cm³/mol. The lowest BCUT2D eigenvalue weighted by Gasteiger charge is -2.10. The standard InChI is InChI=1S/C15H9N3O2S/c16-8-10-1-3-11(4-2-10)15(19)20-13-6-5-12-9-17-18-21-14(12)7-13/h1-7H,9H2. The highest BCUT2D eigenvalue weighted by Gasteiger charge is 2.12. The average Bonchev–Trinajstić information content (AvgIpc) is 2.55. The van der Waals surface area contributed by atoms with Crippen LogP contribution in [0.1, 0.15) is 21.5 Å². The van der Waals surface area contributed by atoms with Crippen molar-refractivity contribution in [3.05, 3.63) is 59.2 Å². The lowest BCUT2D eigenvalue weighted by Crippen LogP contribution is -2.08. The molecule has 0 saturated heterocycles. The van der Waals surface area contributed by atoms with Crippen molar-refractivity contribution in [2.45, 2.75) is 11.4 Å². The van der Waals surface area contributed by atoms with E-state index in [1.165, 1.54) is 11.9 Å². The SMILES string of the molecule is N#Cc1ccc(C(=O)Oc2ccc3c(c2)SN=NC3)cc1. The Labute approximate surface area is 125 Å². The molecule has 2 aromatic rings. The number of nitrogens with zero attached hydrogens (tertiary/aromatic N) is 3. The Morgan fingerprint density at radius 1 is 1.24 bits per heavy atom. The lowest BCUT2D eigenvalue weighted by atomic mass is 10.1. The number of benzene rings is 2. The first-order valence-electron chi connectivity index (χ1n) is 6.15. The van der Waals surface area contributed by atoms with Gasteiger partial charge in [0.25, 0.3) is 0 Å². The van der Waals surface area contributed by atoms with Crippen molar-refractivity contribution in [2.24, 2.45) is 9.63 Å². The number of nitriles is 1. The van der Waals surface area contributed by atoms with Crippen molar-refractivity contribution in [1.82, 2.24) is 0 Å². The third-order valence-electron chi connectivity index (χ3n) is 2.94. The summed E-state index contributed by atoms with van der Waals surface area (Å²) in [6.07, 6.45) is 0. The molecule has 0 unspecified atom stereocenters. The van der Waals surface area contributed by atoms with Crippen LogP contribution >= 0.6 is 11.9 Å². The molecule has 0 N–H and O–H groups in total. The Kier molecular flexibility index (Phi) is 3.67. The van der Waals surface area contributed by atoms with Crippen molar-refractivity contribution < 1.29 is 9.53 Å². The molecule has 2 aromatic carbocycles. The monoisotopic (exact) mass is 295 g/mol. The third kappa shape index (κ3) is 2.93. The van der Waals surface area contributed by atoms with Crippen molar-refractivity contribution in [1.29, 1.82) is 5.26 Å². The van der Waals surface area contributed by atoms with Crippen LogP contribution in [0.5, 0.6) is 5.75 Å². The van der Waals surface area contributed by atoms with Gasteiger partial charge in [0.15, 0.2) is 0 Å². The summed E-state index contributed by atoms with van der Waals surface area (Å²) in [5.41, 5.74) is 1.97. The zero-order chi connectivity index (χ0) is 14.7. The van der Waals surface area contributed by atoms with Gasteiger partial charge in [0.1, 0.15) is 5.75 Å². The maximum atomic E-state index is 12.0. The van der Waals surface area contributed by atoms with E-state index in [2.05, 4.69) is 9.63 Å². The van der Waals surface area contributed by atoms with Crippen LogP contribution in [0.25, 0.3) is 0 Å². The van der Waals surface area contributed by atoms with Gasteiger partial charge in [0.05, 0.1) is 23.7 Å². The van der Waals surface area contributed by atoms with Gasteiger partial charge in [0, 0.05) is 16.8 Å². The van der Waals surface area contributed by atoms with Crippen LogP contribution in [-0.4, -0.2) is 5.97 Å². The average molecular weight is 295 g/mol. The summed E-state index contributed by atoms with van der Waals surface area (Å²) in [5, 5.41) is 12.7. The number of carbonyl (C=O) groups is 1. The fourth-order valence-electron chi connectivity index (χ4n) is 1.84. The summed E-state index contributed by atoms with van der Waals surface area (Å²) in [5.74, 6) is 0.00888. The molecule has 0 fully saturated rings. The van der Waals surface area contributed by atoms with E-state index in [0.717, 1.165) is 10.5 Å². The molecule has 1 heterocycles. The van der Waals surface area contributed by atoms with Gasteiger partial charge in [-0.25, -0.2) is 4.79 Å². The zero-order valence-corrected chi connectivity index (χ0v) is 11.6. The molecule has 5 nitrogen and oxygen atoms in total. The van der Waals surface area contributed by atoms with E-state index >= 15 is 0 Å². The van der Waals surface area contributed by atoms with Crippen molar-refractivity contribution >= 4 is 17.9 Å². The van der Waals surface area contributed by atoms with E-state index in [9.17, 15) is 4.79 Å². The minimum atomic E-state index is -0.457. The van der Waals surface area contributed by atoms with E-state index in [-0.39, 0.29) is 0 Å². The summed E-state index contributed by atoms with van der Waals surface area (Å²) in [7, 11) is 0. The predicted octanol–water partition coefficient (Wildman–Crippen LogP) is 3.75. The molecule has 1 aliphatic rings. The van der Waals surface area contributed by atoms with Gasteiger partial charge in [-0.05, 0) is 42.0 Å². The van der Waals surface area contributed by atoms with Crippen molar-refractivity contribution in [2.75, 3.05) is 0 Å². The molecule has 0 saturated carbocycles. The summed E-state index contributed by atoms with van der Waals surface area (Å²) in [4.78, 5) is 13.0. The Morgan fingerprint density at radius 3 is 2.81 bits per heavy atom. The van der Waals surface area contributed by atoms with E-state index in [1.54, 1.807) is 36.4 Å². The normalized spacial score (nSPS) is 12.3. The molecule has 0 aliphatic carbocycles. The van der Waals surface area contributed by atoms with Gasteiger partial charge in [-0.3, -0.25) is 0 Å². The molecule has 102 valence electrons. The Bertz CT molecular complexity index is 763. The summed E-state index contributed by atoms with van der Waals surface area (Å²) < 4.78 is 9.22. The van der Waals surface area contributed by atoms with E-state index < -0.39 is 5.97 Å². The second kappa shape index (κ2) is 5.77. The number of carbonyl (C=O) groups excluding carboxylic acids is 1. The second-order valence-corrected chi connectivity index (χ2v) is 5.11. The molecule has 0 amide bonds. The number of esters is 1. The first-order valence-corrected chi connectivity index (χ1v) is 6.93. The van der Waals surface area contributed by atoms with Gasteiger partial charge in [-0.15, -0.1) is 4.52 Å². The third-order valence-corrected chi connectivity index (χ3v) is 3.71. The molecule has 0 atom stereocenters. The molecule has 0 spiro atoms. The number of hydrogen-bond donors (Lipinski definition) is 0. The number of hydrogen-bond acceptors (Lipinski definition) is 6. The van der Waals surface area contributed by atoms with Gasteiger partial charge in [-0.2, -0.15) is 10.4 Å². The molecule has 0 bridgehead atoms. The highest BCUT2D eigenvalue weighted by molar-refractivity contribution is 7.98. The molecule has 3 rings (SSSR count). The van der Waals surface area contributed by atoms with Crippen LogP contribution in [0.4, 0.5) is 0 Å². The Morgan fingerprint density at radius 2 is 2.05 bits per heavy atom. The number of rotatable bonds is 2. The molecule has 1 aliphatic heterocycles. The quantitative estimate of drug-likeness (QED) is 0.480. The minimum Gasteiger partial charge on any atom is -0.423 e. The molecular weight excluding hydrogens is 286 g/mol. The second-order valence-electron chi connectivity index (χ2n) is 4.32. The topological polar surface area (TPSA) is 74.8 Å². The zero-order valence-electron chi connectivity index (χ0n) is 10.8. The molecule has 6 heteroatoms. The van der Waals surface area contributed by atoms with E-state index in [1.807, 2.05) is 12.1 Å². The van der Waals surface area contributed by atoms with Crippen LogP contribution in [0.3, 0.4) is 0 Å². The molecule has 21 heavy (non-hydrogen) atoms. The number of ether oxygens (including phenoxy) is 1. The van der Waals surface area contributed by atoms with Gasteiger partial charge in [-0.1, -0.05) is 6.07 Å². The van der Waals surface area contributed by atoms with Gasteiger partial charge < -0.3 is 4.74 Å². The van der Waals surface area contributed by atoms with Crippen LogP contribution in [0, 0.1) is 11.3 Å². The minimum absolute atomic E-state index is 0.402. The molecular formula is C15H9N3O2S. The summed E-state index contributed by atoms with van der Waals surface area (Å²) in [6.45, 7) is 0.548. The largest absolute Gasteiger partial charge is 0.423 e. The first-order chi connectivity index (χ1) is 10.3. The maximum absolute atomic E-state index is 12.0. The smallest absolute Gasteiger partial charge is 0.343 e. The van der Waals surface area contributed by atoms with Crippen LogP contribution in [0.2, 0.25) is 0 Å². The number of fused-ring (bicyclic) bond motifs is 1. The van der Waals surface area contributed by atoms with Gasteiger partial charge in [0.2, 0.25) is 0 Å². The van der Waals surface area contributed by atoms with Crippen molar-refractivity contribution in [3.8, 4) is 11.8 Å². The summed E-state index contributed by atoms with van der Waals surface area (Å²) >= 11 is 1.26. The highest BCUT2D eigenvalue weighted by Crippen LogP contribution is 2.32. The maximum Gasteiger partial charge on any atom is 0.343 e. The van der Waals surface area contributed by atoms with E-state index in [4.69, 9.17) is 10.00 Å². The van der Waals surface area contributed by atoms with Crippen LogP contribution in [-0.2, 0) is 6.54 Å². The Balaban J connectivity index is 1.77. The van der Waals surface area contributed by atoms with Crippen LogP contribution in [0.15, 0.2) is 57.0 Å². The fraction of sp³-hybridized carbons (Fsp3) is 0.0667. The highest BCUT2D eigenvalue weighted by atomic mass is 32.2. The molecule has 0 radical (unpaired) electrons. The summed E-state index contributed by atoms with van der Waals surface area (Å²) in [6, 6.07) is 13.7. The first kappa shape index (κ1) is 13.3. The Hall–Kier alpha value is -2.65. The van der Waals surface area contributed by atoms with E-state index in [0.29, 0.717) is 23.4 Å². The van der Waals surface area contributed by atoms with Crippen molar-refractivity contribution in [3.63, 3.8) is 0 Å². The molecule has 0 aromatic heterocycles. The fourth-order valence-corrected chi connectivity index (χ4v) is 2.46. The van der Waals surface area contributed by atoms with Gasteiger partial charge >= 0.3 is 5.97 Å². The van der Waals surface area contributed by atoms with Crippen LogP contribution < -0.4 is 4.74 Å². The lowest BCUT2D eigenvalue weighted by molar-refractivity contribution is 0.0734.